The standard InChI is InChI=1S/C19H21F3N4O4/c1-5-18(3,25-11-27)16(28)26(4)13-9-23-17(24-10-13)29-14-7-6-12(2)15(8-14)30-19(20,21)22/h6-11H,5H2,1-4H3,(H,25,27)/t18-/m1/s1. The number of nitrogens with zero attached hydrogens (tertiary/aromatic N) is 3. The first-order valence-corrected chi connectivity index (χ1v) is 8.85. The summed E-state index contributed by atoms with van der Waals surface area (Å²) in [5.41, 5.74) is -0.480. The molecule has 1 atom stereocenters. The first-order valence-electron chi connectivity index (χ1n) is 8.85. The van der Waals surface area contributed by atoms with Crippen LogP contribution in [0.3, 0.4) is 0 Å². The van der Waals surface area contributed by atoms with Crippen LogP contribution < -0.4 is 19.7 Å². The van der Waals surface area contributed by atoms with E-state index in [-0.39, 0.29) is 23.2 Å². The summed E-state index contributed by atoms with van der Waals surface area (Å²) in [6.45, 7) is 4.82. The Hall–Kier alpha value is -3.37. The molecule has 0 fully saturated rings. The van der Waals surface area contributed by atoms with Crippen LogP contribution in [-0.4, -0.2) is 41.2 Å². The minimum Gasteiger partial charge on any atom is -0.424 e. The van der Waals surface area contributed by atoms with Crippen molar-refractivity contribution in [2.75, 3.05) is 11.9 Å². The fraction of sp³-hybridized carbons (Fsp3) is 0.368. The van der Waals surface area contributed by atoms with Gasteiger partial charge < -0.3 is 19.7 Å². The Bertz CT molecular complexity index is 906. The average Bonchev–Trinajstić information content (AvgIpc) is 2.69. The molecular formula is C19H21F3N4O4. The monoisotopic (exact) mass is 426 g/mol. The van der Waals surface area contributed by atoms with E-state index in [1.54, 1.807) is 13.8 Å². The molecule has 0 unspecified atom stereocenters. The van der Waals surface area contributed by atoms with Crippen molar-refractivity contribution in [2.45, 2.75) is 39.1 Å². The first-order chi connectivity index (χ1) is 14.0. The van der Waals surface area contributed by atoms with E-state index in [0.29, 0.717) is 18.5 Å². The number of hydrogen-bond donors (Lipinski definition) is 1. The molecule has 0 aliphatic carbocycles. The third kappa shape index (κ3) is 5.58. The van der Waals surface area contributed by atoms with Crippen LogP contribution >= 0.6 is 0 Å². The Morgan fingerprint density at radius 2 is 1.90 bits per heavy atom. The van der Waals surface area contributed by atoms with Crippen LogP contribution in [0.15, 0.2) is 30.6 Å². The Morgan fingerprint density at radius 1 is 1.27 bits per heavy atom. The number of carbonyl (C=O) groups is 2. The Labute approximate surface area is 171 Å². The highest BCUT2D eigenvalue weighted by Gasteiger charge is 2.34. The van der Waals surface area contributed by atoms with E-state index in [1.165, 1.54) is 43.4 Å². The van der Waals surface area contributed by atoms with Gasteiger partial charge in [-0.1, -0.05) is 13.0 Å². The molecule has 1 heterocycles. The third-order valence-corrected chi connectivity index (χ3v) is 4.46. The van der Waals surface area contributed by atoms with E-state index in [4.69, 9.17) is 4.74 Å². The Morgan fingerprint density at radius 3 is 2.43 bits per heavy atom. The highest BCUT2D eigenvalue weighted by Crippen LogP contribution is 2.31. The van der Waals surface area contributed by atoms with Crippen LogP contribution in [-0.2, 0) is 9.59 Å². The highest BCUT2D eigenvalue weighted by molar-refractivity contribution is 6.00. The number of likely N-dealkylation sites (N-methyl/N-ethyl adjacent to an activating group) is 1. The van der Waals surface area contributed by atoms with Crippen molar-refractivity contribution in [1.29, 1.82) is 0 Å². The molecular weight excluding hydrogens is 405 g/mol. The number of anilines is 1. The average molecular weight is 426 g/mol. The van der Waals surface area contributed by atoms with Gasteiger partial charge >= 0.3 is 12.4 Å². The van der Waals surface area contributed by atoms with Crippen molar-refractivity contribution in [3.8, 4) is 17.5 Å². The van der Waals surface area contributed by atoms with Gasteiger partial charge in [0.15, 0.2) is 0 Å². The predicted molar refractivity (Wildman–Crippen MR) is 101 cm³/mol. The van der Waals surface area contributed by atoms with Crippen molar-refractivity contribution >= 4 is 18.0 Å². The van der Waals surface area contributed by atoms with E-state index < -0.39 is 17.7 Å². The Balaban J connectivity index is 2.16. The van der Waals surface area contributed by atoms with Crippen molar-refractivity contribution in [3.63, 3.8) is 0 Å². The first kappa shape index (κ1) is 22.9. The topological polar surface area (TPSA) is 93.7 Å². The van der Waals surface area contributed by atoms with E-state index in [0.717, 1.165) is 6.07 Å². The largest absolute Gasteiger partial charge is 0.573 e. The van der Waals surface area contributed by atoms with Crippen molar-refractivity contribution in [2.24, 2.45) is 0 Å². The molecule has 162 valence electrons. The number of aromatic nitrogens is 2. The maximum absolute atomic E-state index is 12.7. The number of alkyl halides is 3. The molecule has 8 nitrogen and oxygen atoms in total. The lowest BCUT2D eigenvalue weighted by atomic mass is 9.97. The molecule has 0 radical (unpaired) electrons. The molecule has 0 aliphatic rings. The highest BCUT2D eigenvalue weighted by atomic mass is 19.4. The molecule has 0 bridgehead atoms. The van der Waals surface area contributed by atoms with Gasteiger partial charge in [-0.2, -0.15) is 0 Å². The predicted octanol–water partition coefficient (Wildman–Crippen LogP) is 3.35. The summed E-state index contributed by atoms with van der Waals surface area (Å²) in [7, 11) is 1.50. The number of nitrogens with one attached hydrogen (secondary N) is 1. The van der Waals surface area contributed by atoms with Gasteiger partial charge in [0.25, 0.3) is 5.91 Å². The number of amides is 2. The van der Waals surface area contributed by atoms with Crippen LogP contribution in [0.5, 0.6) is 17.5 Å². The van der Waals surface area contributed by atoms with Gasteiger partial charge in [0.05, 0.1) is 18.1 Å². The van der Waals surface area contributed by atoms with Gasteiger partial charge in [0.1, 0.15) is 17.0 Å². The molecule has 0 saturated carbocycles. The smallest absolute Gasteiger partial charge is 0.424 e. The fourth-order valence-corrected chi connectivity index (χ4v) is 2.45. The zero-order chi connectivity index (χ0) is 22.5. The number of hydrogen-bond acceptors (Lipinski definition) is 6. The number of aryl methyl sites for hydroxylation is 1. The molecule has 2 amide bonds. The lowest BCUT2D eigenvalue weighted by Gasteiger charge is -2.31. The van der Waals surface area contributed by atoms with Crippen LogP contribution in [0.4, 0.5) is 18.9 Å². The van der Waals surface area contributed by atoms with Gasteiger partial charge in [-0.3, -0.25) is 9.59 Å². The number of benzene rings is 1. The zero-order valence-electron chi connectivity index (χ0n) is 16.8. The van der Waals surface area contributed by atoms with E-state index in [2.05, 4.69) is 20.0 Å². The maximum atomic E-state index is 12.7. The molecule has 0 saturated heterocycles. The molecule has 1 aromatic carbocycles. The summed E-state index contributed by atoms with van der Waals surface area (Å²) in [6, 6.07) is 3.80. The summed E-state index contributed by atoms with van der Waals surface area (Å²) in [4.78, 5) is 32.7. The van der Waals surface area contributed by atoms with Gasteiger partial charge in [-0.15, -0.1) is 13.2 Å². The van der Waals surface area contributed by atoms with Gasteiger partial charge in [-0.25, -0.2) is 9.97 Å². The lowest BCUT2D eigenvalue weighted by Crippen LogP contribution is -2.54. The van der Waals surface area contributed by atoms with E-state index in [1.807, 2.05) is 0 Å². The second-order valence-corrected chi connectivity index (χ2v) is 6.61. The van der Waals surface area contributed by atoms with Gasteiger partial charge in [0, 0.05) is 13.1 Å². The van der Waals surface area contributed by atoms with Crippen LogP contribution in [0.25, 0.3) is 0 Å². The van der Waals surface area contributed by atoms with Crippen LogP contribution in [0.2, 0.25) is 0 Å². The van der Waals surface area contributed by atoms with Gasteiger partial charge in [-0.05, 0) is 31.9 Å². The van der Waals surface area contributed by atoms with Crippen molar-refractivity contribution in [1.82, 2.24) is 15.3 Å². The zero-order valence-corrected chi connectivity index (χ0v) is 16.8. The second kappa shape index (κ2) is 8.97. The minimum absolute atomic E-state index is 0.0470. The number of rotatable bonds is 8. The quantitative estimate of drug-likeness (QED) is 0.651. The molecule has 1 aromatic heterocycles. The Kier molecular flexibility index (Phi) is 6.85. The minimum atomic E-state index is -4.83. The normalized spacial score (nSPS) is 13.2. The van der Waals surface area contributed by atoms with Crippen molar-refractivity contribution in [3.05, 3.63) is 36.2 Å². The third-order valence-electron chi connectivity index (χ3n) is 4.46. The van der Waals surface area contributed by atoms with Crippen LogP contribution in [0, 0.1) is 6.92 Å². The van der Waals surface area contributed by atoms with E-state index in [9.17, 15) is 22.8 Å². The van der Waals surface area contributed by atoms with Gasteiger partial charge in [0.2, 0.25) is 6.41 Å². The molecule has 0 aliphatic heterocycles. The summed E-state index contributed by atoms with van der Waals surface area (Å²) in [6.07, 6.45) is -1.37. The summed E-state index contributed by atoms with van der Waals surface area (Å²) in [5, 5.41) is 2.50. The molecule has 2 rings (SSSR count). The molecule has 11 heteroatoms. The second-order valence-electron chi connectivity index (χ2n) is 6.61. The molecule has 2 aromatic rings. The summed E-state index contributed by atoms with van der Waals surface area (Å²) >= 11 is 0. The lowest BCUT2D eigenvalue weighted by molar-refractivity contribution is -0.274. The summed E-state index contributed by atoms with van der Waals surface area (Å²) < 4.78 is 46.8. The molecule has 30 heavy (non-hydrogen) atoms. The fourth-order valence-electron chi connectivity index (χ4n) is 2.45. The van der Waals surface area contributed by atoms with Crippen molar-refractivity contribution < 1.29 is 32.2 Å². The SMILES string of the molecule is CC[C@@](C)(NC=O)C(=O)N(C)c1cnc(Oc2ccc(C)c(OC(F)(F)F)c2)nc1. The number of carbonyl (C=O) groups excluding carboxylic acids is 2. The number of halogens is 3. The molecule has 1 N–H and O–H groups in total. The number of ether oxygens (including phenoxy) is 2. The van der Waals surface area contributed by atoms with Crippen LogP contribution in [0.1, 0.15) is 25.8 Å². The molecule has 0 spiro atoms. The maximum Gasteiger partial charge on any atom is 0.573 e. The summed E-state index contributed by atoms with van der Waals surface area (Å²) in [5.74, 6) is -0.726. The van der Waals surface area contributed by atoms with E-state index >= 15 is 0 Å².